The summed E-state index contributed by atoms with van der Waals surface area (Å²) in [6.07, 6.45) is 3.28. The van der Waals surface area contributed by atoms with Crippen LogP contribution in [0.15, 0.2) is 42.7 Å². The van der Waals surface area contributed by atoms with Crippen molar-refractivity contribution in [1.82, 2.24) is 4.98 Å². The van der Waals surface area contributed by atoms with Crippen molar-refractivity contribution in [3.05, 3.63) is 53.9 Å². The van der Waals surface area contributed by atoms with Crippen molar-refractivity contribution in [3.63, 3.8) is 0 Å². The minimum absolute atomic E-state index is 0.483. The van der Waals surface area contributed by atoms with Gasteiger partial charge in [-0.15, -0.1) is 0 Å². The van der Waals surface area contributed by atoms with Gasteiger partial charge in [-0.1, -0.05) is 6.07 Å². The topological polar surface area (TPSA) is 51.6 Å². The minimum atomic E-state index is -0.658. The van der Waals surface area contributed by atoms with Crippen LogP contribution in [0.25, 0.3) is 0 Å². The van der Waals surface area contributed by atoms with E-state index in [4.69, 9.17) is 9.47 Å². The van der Waals surface area contributed by atoms with Gasteiger partial charge >= 0.3 is 0 Å². The van der Waals surface area contributed by atoms with Crippen molar-refractivity contribution in [2.75, 3.05) is 14.2 Å². The van der Waals surface area contributed by atoms with Gasteiger partial charge in [-0.2, -0.15) is 0 Å². The largest absolute Gasteiger partial charge is 0.497 e. The van der Waals surface area contributed by atoms with Crippen LogP contribution in [-0.4, -0.2) is 24.3 Å². The molecule has 1 N–H and O–H groups in total. The fourth-order valence-electron chi connectivity index (χ4n) is 1.95. The highest BCUT2D eigenvalue weighted by Crippen LogP contribution is 2.30. The average molecular weight is 259 g/mol. The third kappa shape index (κ3) is 3.23. The molecule has 1 unspecified atom stereocenters. The van der Waals surface area contributed by atoms with Gasteiger partial charge in [0.25, 0.3) is 0 Å². The molecule has 0 aliphatic carbocycles. The number of benzene rings is 1. The molecule has 4 heteroatoms. The summed E-state index contributed by atoms with van der Waals surface area (Å²) in [7, 11) is 3.18. The molecule has 0 bridgehead atoms. The van der Waals surface area contributed by atoms with Crippen LogP contribution >= 0.6 is 0 Å². The summed E-state index contributed by atoms with van der Waals surface area (Å²) in [6, 6.07) is 9.17. The Labute approximate surface area is 112 Å². The lowest BCUT2D eigenvalue weighted by molar-refractivity contribution is 0.173. The number of hydrogen-bond acceptors (Lipinski definition) is 4. The number of aliphatic hydroxyl groups excluding tert-OH is 1. The molecule has 2 aromatic rings. The maximum Gasteiger partial charge on any atom is 0.124 e. The zero-order chi connectivity index (χ0) is 13.7. The van der Waals surface area contributed by atoms with E-state index in [1.165, 1.54) is 0 Å². The molecule has 1 atom stereocenters. The third-order valence-corrected chi connectivity index (χ3v) is 2.95. The predicted molar refractivity (Wildman–Crippen MR) is 72.4 cm³/mol. The van der Waals surface area contributed by atoms with Gasteiger partial charge in [0.2, 0.25) is 0 Å². The number of methoxy groups -OCH3 is 2. The van der Waals surface area contributed by atoms with E-state index >= 15 is 0 Å². The number of pyridine rings is 1. The van der Waals surface area contributed by atoms with Crippen LogP contribution in [0, 0.1) is 0 Å². The summed E-state index contributed by atoms with van der Waals surface area (Å²) >= 11 is 0. The predicted octanol–water partition coefficient (Wildman–Crippen LogP) is 2.37. The Morgan fingerprint density at radius 2 is 2.05 bits per heavy atom. The minimum Gasteiger partial charge on any atom is -0.497 e. The molecule has 0 saturated carbocycles. The van der Waals surface area contributed by atoms with E-state index in [0.717, 1.165) is 5.56 Å². The third-order valence-electron chi connectivity index (χ3n) is 2.95. The van der Waals surface area contributed by atoms with Gasteiger partial charge in [-0.05, 0) is 29.8 Å². The lowest BCUT2D eigenvalue weighted by Crippen LogP contribution is -2.04. The highest BCUT2D eigenvalue weighted by atomic mass is 16.5. The number of nitrogens with zero attached hydrogens (tertiary/aromatic N) is 1. The van der Waals surface area contributed by atoms with Crippen LogP contribution in [0.1, 0.15) is 17.2 Å². The van der Waals surface area contributed by atoms with Crippen molar-refractivity contribution in [1.29, 1.82) is 0 Å². The first-order chi connectivity index (χ1) is 9.24. The SMILES string of the molecule is COc1ccc(OC)c(C(O)Cc2cccnc2)c1. The van der Waals surface area contributed by atoms with E-state index in [-0.39, 0.29) is 0 Å². The first-order valence-electron chi connectivity index (χ1n) is 6.03. The number of aliphatic hydroxyl groups is 1. The standard InChI is InChI=1S/C15H17NO3/c1-18-12-5-6-15(19-2)13(9-12)14(17)8-11-4-3-7-16-10-11/h3-7,9-10,14,17H,8H2,1-2H3. The highest BCUT2D eigenvalue weighted by Gasteiger charge is 2.15. The van der Waals surface area contributed by atoms with Gasteiger partial charge in [0, 0.05) is 24.4 Å². The van der Waals surface area contributed by atoms with E-state index < -0.39 is 6.10 Å². The van der Waals surface area contributed by atoms with Gasteiger partial charge in [0.1, 0.15) is 11.5 Å². The molecule has 19 heavy (non-hydrogen) atoms. The van der Waals surface area contributed by atoms with E-state index in [1.54, 1.807) is 44.8 Å². The molecular formula is C15H17NO3. The molecule has 0 spiro atoms. The summed E-state index contributed by atoms with van der Waals surface area (Å²) in [5.74, 6) is 1.35. The molecule has 1 heterocycles. The average Bonchev–Trinajstić information content (AvgIpc) is 2.47. The molecule has 0 aliphatic heterocycles. The smallest absolute Gasteiger partial charge is 0.124 e. The first-order valence-corrected chi connectivity index (χ1v) is 6.03. The maximum atomic E-state index is 10.3. The van der Waals surface area contributed by atoms with E-state index in [2.05, 4.69) is 4.98 Å². The Kier molecular flexibility index (Phi) is 4.36. The molecule has 1 aromatic heterocycles. The zero-order valence-electron chi connectivity index (χ0n) is 11.0. The Bertz CT molecular complexity index is 528. The molecule has 4 nitrogen and oxygen atoms in total. The molecule has 2 rings (SSSR count). The second-order valence-electron chi connectivity index (χ2n) is 4.19. The lowest BCUT2D eigenvalue weighted by Gasteiger charge is -2.15. The Hall–Kier alpha value is -2.07. The lowest BCUT2D eigenvalue weighted by atomic mass is 10.0. The first kappa shape index (κ1) is 13.4. The Balaban J connectivity index is 2.24. The van der Waals surface area contributed by atoms with Crippen LogP contribution in [-0.2, 0) is 6.42 Å². The molecule has 0 amide bonds. The second-order valence-corrected chi connectivity index (χ2v) is 4.19. The number of rotatable bonds is 5. The number of ether oxygens (including phenoxy) is 2. The van der Waals surface area contributed by atoms with Crippen molar-refractivity contribution < 1.29 is 14.6 Å². The summed E-state index contributed by atoms with van der Waals surface area (Å²) in [5.41, 5.74) is 1.69. The van der Waals surface area contributed by atoms with E-state index in [1.807, 2.05) is 12.1 Å². The van der Waals surface area contributed by atoms with Crippen LogP contribution < -0.4 is 9.47 Å². The van der Waals surface area contributed by atoms with Gasteiger partial charge in [0.05, 0.1) is 20.3 Å². The Morgan fingerprint density at radius 1 is 1.21 bits per heavy atom. The van der Waals surface area contributed by atoms with Gasteiger partial charge in [-0.25, -0.2) is 0 Å². The molecule has 1 aromatic carbocycles. The molecule has 0 saturated heterocycles. The van der Waals surface area contributed by atoms with Gasteiger partial charge in [0.15, 0.2) is 0 Å². The van der Waals surface area contributed by atoms with E-state index in [9.17, 15) is 5.11 Å². The monoisotopic (exact) mass is 259 g/mol. The summed E-state index contributed by atoms with van der Waals surface area (Å²) in [4.78, 5) is 4.04. The molecule has 0 fully saturated rings. The van der Waals surface area contributed by atoms with Crippen LogP contribution in [0.4, 0.5) is 0 Å². The van der Waals surface area contributed by atoms with Crippen molar-refractivity contribution >= 4 is 0 Å². The highest BCUT2D eigenvalue weighted by molar-refractivity contribution is 5.42. The van der Waals surface area contributed by atoms with E-state index in [0.29, 0.717) is 23.5 Å². The van der Waals surface area contributed by atoms with Crippen molar-refractivity contribution in [2.45, 2.75) is 12.5 Å². The van der Waals surface area contributed by atoms with Crippen molar-refractivity contribution in [3.8, 4) is 11.5 Å². The molecular weight excluding hydrogens is 242 g/mol. The quantitative estimate of drug-likeness (QED) is 0.895. The normalized spacial score (nSPS) is 11.9. The summed E-state index contributed by atoms with van der Waals surface area (Å²) in [6.45, 7) is 0. The molecule has 0 radical (unpaired) electrons. The Morgan fingerprint density at radius 3 is 2.68 bits per heavy atom. The van der Waals surface area contributed by atoms with Gasteiger partial charge < -0.3 is 14.6 Å². The second kappa shape index (κ2) is 6.20. The summed E-state index contributed by atoms with van der Waals surface area (Å²) < 4.78 is 10.4. The maximum absolute atomic E-state index is 10.3. The van der Waals surface area contributed by atoms with Crippen LogP contribution in [0.3, 0.4) is 0 Å². The fraction of sp³-hybridized carbons (Fsp3) is 0.267. The fourth-order valence-corrected chi connectivity index (χ4v) is 1.95. The summed E-state index contributed by atoms with van der Waals surface area (Å²) in [5, 5.41) is 10.3. The van der Waals surface area contributed by atoms with Crippen LogP contribution in [0.2, 0.25) is 0 Å². The molecule has 0 aliphatic rings. The number of hydrogen-bond donors (Lipinski definition) is 1. The van der Waals surface area contributed by atoms with Gasteiger partial charge in [-0.3, -0.25) is 4.98 Å². The zero-order valence-corrected chi connectivity index (χ0v) is 11.0. The van der Waals surface area contributed by atoms with Crippen molar-refractivity contribution in [2.24, 2.45) is 0 Å². The molecule has 100 valence electrons. The van der Waals surface area contributed by atoms with Crippen LogP contribution in [0.5, 0.6) is 11.5 Å². The number of aromatic nitrogens is 1.